The van der Waals surface area contributed by atoms with Gasteiger partial charge in [0.25, 0.3) is 0 Å². The first-order valence-electron chi connectivity index (χ1n) is 8.58. The summed E-state index contributed by atoms with van der Waals surface area (Å²) in [5, 5.41) is 0. The molecule has 1 aromatic carbocycles. The fourth-order valence-corrected chi connectivity index (χ4v) is 3.08. The van der Waals surface area contributed by atoms with Gasteiger partial charge in [-0.05, 0) is 30.5 Å². The summed E-state index contributed by atoms with van der Waals surface area (Å²) in [5.41, 5.74) is 2.27. The number of hydrogen-bond acceptors (Lipinski definition) is 6. The van der Waals surface area contributed by atoms with Gasteiger partial charge in [-0.3, -0.25) is 4.90 Å². The van der Waals surface area contributed by atoms with Gasteiger partial charge >= 0.3 is 6.01 Å². The summed E-state index contributed by atoms with van der Waals surface area (Å²) in [6.07, 6.45) is 6.20. The second-order valence-electron chi connectivity index (χ2n) is 6.23. The van der Waals surface area contributed by atoms with Gasteiger partial charge in [0, 0.05) is 44.2 Å². The average molecular weight is 343 g/mol. The minimum atomic E-state index is 0.296. The van der Waals surface area contributed by atoms with Crippen LogP contribution in [0.25, 0.3) is 0 Å². The number of aromatic nitrogens is 2. The molecule has 2 aromatic rings. The Hall–Kier alpha value is -2.18. The summed E-state index contributed by atoms with van der Waals surface area (Å²) in [5.74, 6) is 0.877. The SMILES string of the molecule is COc1cccc(CN(Cc2cnc(OC)nc2)CC2CCCO2)c1. The summed E-state index contributed by atoms with van der Waals surface area (Å²) in [4.78, 5) is 10.8. The van der Waals surface area contributed by atoms with Crippen molar-refractivity contribution >= 4 is 0 Å². The Morgan fingerprint density at radius 2 is 1.92 bits per heavy atom. The molecule has 3 rings (SSSR count). The fraction of sp³-hybridized carbons (Fsp3) is 0.474. The van der Waals surface area contributed by atoms with Gasteiger partial charge in [0.05, 0.1) is 20.3 Å². The monoisotopic (exact) mass is 343 g/mol. The van der Waals surface area contributed by atoms with Crippen molar-refractivity contribution in [3.8, 4) is 11.8 Å². The lowest BCUT2D eigenvalue weighted by Crippen LogP contribution is -2.31. The van der Waals surface area contributed by atoms with Gasteiger partial charge < -0.3 is 14.2 Å². The van der Waals surface area contributed by atoms with Gasteiger partial charge in [-0.15, -0.1) is 0 Å². The van der Waals surface area contributed by atoms with Crippen LogP contribution in [-0.4, -0.2) is 48.3 Å². The summed E-state index contributed by atoms with van der Waals surface area (Å²) in [6.45, 7) is 3.34. The first kappa shape index (κ1) is 17.6. The second-order valence-corrected chi connectivity index (χ2v) is 6.23. The van der Waals surface area contributed by atoms with Crippen molar-refractivity contribution in [3.63, 3.8) is 0 Å². The predicted molar refractivity (Wildman–Crippen MR) is 94.7 cm³/mol. The van der Waals surface area contributed by atoms with E-state index in [1.807, 2.05) is 24.5 Å². The van der Waals surface area contributed by atoms with Crippen molar-refractivity contribution in [2.45, 2.75) is 32.0 Å². The van der Waals surface area contributed by atoms with Crippen molar-refractivity contribution in [3.05, 3.63) is 47.8 Å². The molecule has 0 N–H and O–H groups in total. The van der Waals surface area contributed by atoms with Gasteiger partial charge in [-0.25, -0.2) is 9.97 Å². The summed E-state index contributed by atoms with van der Waals surface area (Å²) in [6, 6.07) is 8.57. The zero-order valence-electron chi connectivity index (χ0n) is 14.9. The Bertz CT molecular complexity index is 657. The highest BCUT2D eigenvalue weighted by Gasteiger charge is 2.20. The van der Waals surface area contributed by atoms with E-state index in [2.05, 4.69) is 27.0 Å². The van der Waals surface area contributed by atoms with E-state index in [9.17, 15) is 0 Å². The van der Waals surface area contributed by atoms with Gasteiger partial charge in [-0.1, -0.05) is 12.1 Å². The number of ether oxygens (including phenoxy) is 3. The number of benzene rings is 1. The van der Waals surface area contributed by atoms with Crippen molar-refractivity contribution in [2.75, 3.05) is 27.4 Å². The molecule has 0 spiro atoms. The van der Waals surface area contributed by atoms with E-state index in [0.29, 0.717) is 12.1 Å². The van der Waals surface area contributed by atoms with E-state index in [1.165, 1.54) is 5.56 Å². The lowest BCUT2D eigenvalue weighted by molar-refractivity contribution is 0.0678. The van der Waals surface area contributed by atoms with E-state index >= 15 is 0 Å². The molecule has 1 aliphatic rings. The van der Waals surface area contributed by atoms with Crippen molar-refractivity contribution in [1.29, 1.82) is 0 Å². The Morgan fingerprint density at radius 1 is 1.12 bits per heavy atom. The van der Waals surface area contributed by atoms with Crippen LogP contribution in [0.4, 0.5) is 0 Å². The molecule has 0 bridgehead atoms. The number of nitrogens with zero attached hydrogens (tertiary/aromatic N) is 3. The molecule has 6 nitrogen and oxygen atoms in total. The molecule has 0 amide bonds. The average Bonchev–Trinajstić information content (AvgIpc) is 3.15. The topological polar surface area (TPSA) is 56.7 Å². The van der Waals surface area contributed by atoms with Crippen molar-refractivity contribution in [2.24, 2.45) is 0 Å². The maximum absolute atomic E-state index is 5.82. The highest BCUT2D eigenvalue weighted by atomic mass is 16.5. The number of rotatable bonds is 8. The number of hydrogen-bond donors (Lipinski definition) is 0. The third-order valence-electron chi connectivity index (χ3n) is 4.30. The smallest absolute Gasteiger partial charge is 0.316 e. The van der Waals surface area contributed by atoms with Crippen molar-refractivity contribution in [1.82, 2.24) is 14.9 Å². The molecular weight excluding hydrogens is 318 g/mol. The van der Waals surface area contributed by atoms with Crippen LogP contribution in [0.5, 0.6) is 11.8 Å². The molecule has 1 aromatic heterocycles. The van der Waals surface area contributed by atoms with E-state index in [1.54, 1.807) is 14.2 Å². The quantitative estimate of drug-likeness (QED) is 0.734. The van der Waals surface area contributed by atoms with E-state index in [-0.39, 0.29) is 0 Å². The van der Waals surface area contributed by atoms with E-state index in [0.717, 1.165) is 50.4 Å². The van der Waals surface area contributed by atoms with Crippen LogP contribution in [0.3, 0.4) is 0 Å². The molecule has 6 heteroatoms. The Labute approximate surface area is 148 Å². The molecule has 134 valence electrons. The minimum absolute atomic E-state index is 0.296. The van der Waals surface area contributed by atoms with Crippen LogP contribution < -0.4 is 9.47 Å². The normalized spacial score (nSPS) is 17.0. The molecule has 2 heterocycles. The highest BCUT2D eigenvalue weighted by Crippen LogP contribution is 2.19. The van der Waals surface area contributed by atoms with Gasteiger partial charge in [0.2, 0.25) is 0 Å². The van der Waals surface area contributed by atoms with Crippen LogP contribution >= 0.6 is 0 Å². The molecule has 1 atom stereocenters. The molecule has 25 heavy (non-hydrogen) atoms. The molecule has 0 saturated carbocycles. The lowest BCUT2D eigenvalue weighted by atomic mass is 10.1. The zero-order chi connectivity index (χ0) is 17.5. The maximum Gasteiger partial charge on any atom is 0.316 e. The standard InChI is InChI=1S/C19H25N3O3/c1-23-17-6-3-5-15(9-17)12-22(14-18-7-4-8-25-18)13-16-10-20-19(24-2)21-11-16/h3,5-6,9-11,18H,4,7-8,12-14H2,1-2H3. The van der Waals surface area contributed by atoms with E-state index < -0.39 is 0 Å². The predicted octanol–water partition coefficient (Wildman–Crippen LogP) is 2.68. The van der Waals surface area contributed by atoms with Crippen LogP contribution in [0.15, 0.2) is 36.7 Å². The Morgan fingerprint density at radius 3 is 2.60 bits per heavy atom. The van der Waals surface area contributed by atoms with Crippen LogP contribution in [0.1, 0.15) is 24.0 Å². The third-order valence-corrected chi connectivity index (χ3v) is 4.30. The first-order chi connectivity index (χ1) is 12.3. The molecule has 0 aliphatic carbocycles. The second kappa shape index (κ2) is 8.78. The van der Waals surface area contributed by atoms with Gasteiger partial charge in [0.15, 0.2) is 0 Å². The summed E-state index contributed by atoms with van der Waals surface area (Å²) < 4.78 is 16.2. The summed E-state index contributed by atoms with van der Waals surface area (Å²) in [7, 11) is 3.26. The molecule has 1 fully saturated rings. The van der Waals surface area contributed by atoms with Gasteiger partial charge in [-0.2, -0.15) is 0 Å². The molecule has 1 saturated heterocycles. The largest absolute Gasteiger partial charge is 0.497 e. The van der Waals surface area contributed by atoms with Gasteiger partial charge in [0.1, 0.15) is 5.75 Å². The Balaban J connectivity index is 1.70. The maximum atomic E-state index is 5.82. The van der Waals surface area contributed by atoms with Crippen LogP contribution in [0.2, 0.25) is 0 Å². The minimum Gasteiger partial charge on any atom is -0.497 e. The van der Waals surface area contributed by atoms with Crippen molar-refractivity contribution < 1.29 is 14.2 Å². The van der Waals surface area contributed by atoms with Crippen LogP contribution in [0, 0.1) is 0 Å². The third kappa shape index (κ3) is 5.14. The molecule has 1 unspecified atom stereocenters. The number of methoxy groups -OCH3 is 2. The zero-order valence-corrected chi connectivity index (χ0v) is 14.9. The fourth-order valence-electron chi connectivity index (χ4n) is 3.08. The van der Waals surface area contributed by atoms with Crippen LogP contribution in [-0.2, 0) is 17.8 Å². The molecule has 1 aliphatic heterocycles. The highest BCUT2D eigenvalue weighted by molar-refractivity contribution is 5.28. The lowest BCUT2D eigenvalue weighted by Gasteiger charge is -2.25. The molecular formula is C19H25N3O3. The molecule has 0 radical (unpaired) electrons. The summed E-state index contributed by atoms with van der Waals surface area (Å²) >= 11 is 0. The van der Waals surface area contributed by atoms with E-state index in [4.69, 9.17) is 14.2 Å². The Kier molecular flexibility index (Phi) is 6.19. The first-order valence-corrected chi connectivity index (χ1v) is 8.58.